The maximum atomic E-state index is 12.4. The fourth-order valence-corrected chi connectivity index (χ4v) is 5.49. The van der Waals surface area contributed by atoms with Crippen molar-refractivity contribution < 1.29 is 9.53 Å². The molecule has 2 fully saturated rings. The molecule has 38 heavy (non-hydrogen) atoms. The van der Waals surface area contributed by atoms with Crippen LogP contribution in [0.4, 0.5) is 22.2 Å². The minimum absolute atomic E-state index is 0.255. The molecular weight excluding hydrogens is 480 g/mol. The Morgan fingerprint density at radius 3 is 2.47 bits per heavy atom. The molecule has 1 saturated heterocycles. The highest BCUT2D eigenvalue weighted by molar-refractivity contribution is 6.06. The highest BCUT2D eigenvalue weighted by atomic mass is 16.6. The number of fused-ring (bicyclic) bond motifs is 3. The third-order valence-electron chi connectivity index (χ3n) is 7.32. The van der Waals surface area contributed by atoms with Gasteiger partial charge >= 0.3 is 6.09 Å². The Morgan fingerprint density at radius 2 is 1.76 bits per heavy atom. The van der Waals surface area contributed by atoms with E-state index in [0.29, 0.717) is 30.9 Å². The molecule has 1 amide bonds. The van der Waals surface area contributed by atoms with Crippen LogP contribution in [0.1, 0.15) is 52.5 Å². The number of carbonyl (C=O) groups is 1. The zero-order chi connectivity index (χ0) is 26.3. The van der Waals surface area contributed by atoms with Gasteiger partial charge in [0.15, 0.2) is 0 Å². The van der Waals surface area contributed by atoms with E-state index in [1.807, 2.05) is 63.8 Å². The summed E-state index contributed by atoms with van der Waals surface area (Å²) in [6.45, 7) is 8.36. The smallest absolute Gasteiger partial charge is 0.410 e. The van der Waals surface area contributed by atoms with E-state index < -0.39 is 5.60 Å². The van der Waals surface area contributed by atoms with Crippen LogP contribution in [0.25, 0.3) is 21.9 Å². The van der Waals surface area contributed by atoms with Crippen molar-refractivity contribution in [2.24, 2.45) is 0 Å². The Kier molecular flexibility index (Phi) is 6.25. The number of rotatable bonds is 4. The number of nitrogens with zero attached hydrogens (tertiary/aromatic N) is 7. The minimum atomic E-state index is -0.487. The Hall–Kier alpha value is -3.95. The predicted octanol–water partition coefficient (Wildman–Crippen LogP) is 5.29. The average Bonchev–Trinajstić information content (AvgIpc) is 3.54. The van der Waals surface area contributed by atoms with Crippen LogP contribution in [0.3, 0.4) is 0 Å². The molecule has 1 saturated carbocycles. The monoisotopic (exact) mass is 514 g/mol. The molecule has 1 aliphatic heterocycles. The second-order valence-corrected chi connectivity index (χ2v) is 11.1. The number of carbonyl (C=O) groups excluding carboxylic acids is 1. The van der Waals surface area contributed by atoms with Crippen LogP contribution in [0, 0.1) is 0 Å². The fraction of sp³-hybridized carbons (Fsp3) is 0.464. The maximum Gasteiger partial charge on any atom is 0.410 e. The lowest BCUT2D eigenvalue weighted by atomic mass is 10.2. The van der Waals surface area contributed by atoms with Gasteiger partial charge in [-0.25, -0.2) is 14.8 Å². The molecule has 2 aliphatic rings. The lowest BCUT2D eigenvalue weighted by molar-refractivity contribution is 0.0240. The van der Waals surface area contributed by atoms with Crippen molar-refractivity contribution in [3.8, 4) is 0 Å². The van der Waals surface area contributed by atoms with Gasteiger partial charge in [-0.1, -0.05) is 12.8 Å². The minimum Gasteiger partial charge on any atom is -0.444 e. The first-order chi connectivity index (χ1) is 18.4. The average molecular weight is 515 g/mol. The van der Waals surface area contributed by atoms with Crippen molar-refractivity contribution >= 4 is 45.5 Å². The Balaban J connectivity index is 1.16. The van der Waals surface area contributed by atoms with E-state index in [2.05, 4.69) is 29.7 Å². The first-order valence-corrected chi connectivity index (χ1v) is 13.4. The number of pyridine rings is 2. The van der Waals surface area contributed by atoms with Crippen LogP contribution < -0.4 is 10.2 Å². The first-order valence-electron chi connectivity index (χ1n) is 13.4. The molecule has 0 unspecified atom stereocenters. The molecule has 198 valence electrons. The zero-order valence-electron chi connectivity index (χ0n) is 22.2. The van der Waals surface area contributed by atoms with Gasteiger partial charge in [0.05, 0.1) is 23.6 Å². The van der Waals surface area contributed by atoms with Crippen molar-refractivity contribution in [2.45, 2.75) is 58.1 Å². The quantitative estimate of drug-likeness (QED) is 0.392. The van der Waals surface area contributed by atoms with Crippen molar-refractivity contribution in [3.05, 3.63) is 43.0 Å². The zero-order valence-corrected chi connectivity index (χ0v) is 22.2. The van der Waals surface area contributed by atoms with Gasteiger partial charge in [0.25, 0.3) is 0 Å². The third-order valence-corrected chi connectivity index (χ3v) is 7.32. The summed E-state index contributed by atoms with van der Waals surface area (Å²) in [4.78, 5) is 34.9. The number of amides is 1. The molecule has 10 heteroatoms. The summed E-state index contributed by atoms with van der Waals surface area (Å²) in [6.07, 6.45) is 12.1. The SMILES string of the molecule is CC(C)(C)OC(=O)N1CCN(c2ccc(Nc3ncc4c5ccncc5n(C5CCCC5)c4n3)nc2)CC1. The molecule has 1 aliphatic carbocycles. The van der Waals surface area contributed by atoms with E-state index >= 15 is 0 Å². The number of hydrogen-bond acceptors (Lipinski definition) is 8. The van der Waals surface area contributed by atoms with E-state index in [9.17, 15) is 4.79 Å². The van der Waals surface area contributed by atoms with Crippen LogP contribution in [0.2, 0.25) is 0 Å². The summed E-state index contributed by atoms with van der Waals surface area (Å²) < 4.78 is 7.85. The van der Waals surface area contributed by atoms with Crippen molar-refractivity contribution in [1.29, 1.82) is 0 Å². The number of piperazine rings is 1. The van der Waals surface area contributed by atoms with E-state index in [1.54, 1.807) is 4.90 Å². The van der Waals surface area contributed by atoms with Gasteiger partial charge in [-0.05, 0) is 51.8 Å². The molecule has 4 aromatic rings. The van der Waals surface area contributed by atoms with Crippen LogP contribution in [-0.4, -0.2) is 67.3 Å². The molecular formula is C28H34N8O2. The largest absolute Gasteiger partial charge is 0.444 e. The van der Waals surface area contributed by atoms with Crippen molar-refractivity contribution in [1.82, 2.24) is 29.4 Å². The summed E-state index contributed by atoms with van der Waals surface area (Å²) in [5, 5.41) is 5.47. The fourth-order valence-electron chi connectivity index (χ4n) is 5.49. The molecule has 10 nitrogen and oxygen atoms in total. The molecule has 0 atom stereocenters. The molecule has 0 radical (unpaired) electrons. The molecule has 5 heterocycles. The van der Waals surface area contributed by atoms with Gasteiger partial charge in [-0.2, -0.15) is 4.98 Å². The third kappa shape index (κ3) is 4.82. The summed E-state index contributed by atoms with van der Waals surface area (Å²) in [5.74, 6) is 1.21. The lowest BCUT2D eigenvalue weighted by Crippen LogP contribution is -2.50. The summed E-state index contributed by atoms with van der Waals surface area (Å²) >= 11 is 0. The van der Waals surface area contributed by atoms with Crippen LogP contribution in [0.5, 0.6) is 0 Å². The Bertz CT molecular complexity index is 1450. The highest BCUT2D eigenvalue weighted by Gasteiger charge is 2.26. The van der Waals surface area contributed by atoms with Gasteiger partial charge in [0.1, 0.15) is 17.1 Å². The topological polar surface area (TPSA) is 101 Å². The van der Waals surface area contributed by atoms with Crippen LogP contribution in [-0.2, 0) is 4.74 Å². The Morgan fingerprint density at radius 1 is 0.974 bits per heavy atom. The molecule has 6 rings (SSSR count). The number of ether oxygens (including phenoxy) is 1. The van der Waals surface area contributed by atoms with E-state index in [1.165, 1.54) is 12.8 Å². The van der Waals surface area contributed by atoms with Crippen molar-refractivity contribution in [2.75, 3.05) is 36.4 Å². The first kappa shape index (κ1) is 24.4. The molecule has 0 spiro atoms. The predicted molar refractivity (Wildman–Crippen MR) is 148 cm³/mol. The molecule has 4 aromatic heterocycles. The molecule has 0 aromatic carbocycles. The second-order valence-electron chi connectivity index (χ2n) is 11.1. The second kappa shape index (κ2) is 9.74. The summed E-state index contributed by atoms with van der Waals surface area (Å²) in [6, 6.07) is 6.47. The molecule has 1 N–H and O–H groups in total. The van der Waals surface area contributed by atoms with Gasteiger partial charge in [-0.3, -0.25) is 4.98 Å². The van der Waals surface area contributed by atoms with E-state index in [0.717, 1.165) is 53.6 Å². The Labute approximate surface area is 222 Å². The number of aromatic nitrogens is 5. The number of anilines is 3. The summed E-state index contributed by atoms with van der Waals surface area (Å²) in [7, 11) is 0. The van der Waals surface area contributed by atoms with Crippen LogP contribution in [0.15, 0.2) is 43.0 Å². The van der Waals surface area contributed by atoms with Gasteiger partial charge in [-0.15, -0.1) is 0 Å². The van der Waals surface area contributed by atoms with Gasteiger partial charge in [0, 0.05) is 55.4 Å². The van der Waals surface area contributed by atoms with Gasteiger partial charge < -0.3 is 24.4 Å². The highest BCUT2D eigenvalue weighted by Crippen LogP contribution is 2.37. The number of hydrogen-bond donors (Lipinski definition) is 1. The van der Waals surface area contributed by atoms with E-state index in [-0.39, 0.29) is 6.09 Å². The normalized spacial score (nSPS) is 16.9. The van der Waals surface area contributed by atoms with E-state index in [4.69, 9.17) is 9.72 Å². The number of nitrogens with one attached hydrogen (secondary N) is 1. The van der Waals surface area contributed by atoms with Crippen molar-refractivity contribution in [3.63, 3.8) is 0 Å². The standard InChI is InChI=1S/C28H34N8O2/c1-28(2,3)38-27(37)35-14-12-34(13-15-35)20-8-9-24(30-16-20)32-26-31-17-22-21-10-11-29-18-23(21)36(25(22)33-26)19-6-4-5-7-19/h8-11,16-19H,4-7,12-15H2,1-3H3,(H,30,31,32,33). The van der Waals surface area contributed by atoms with Gasteiger partial charge in [0.2, 0.25) is 5.95 Å². The summed E-state index contributed by atoms with van der Waals surface area (Å²) in [5.41, 5.74) is 2.59. The molecule has 0 bridgehead atoms. The lowest BCUT2D eigenvalue weighted by Gasteiger charge is -2.36. The van der Waals surface area contributed by atoms with Crippen LogP contribution >= 0.6 is 0 Å². The maximum absolute atomic E-state index is 12.4.